The van der Waals surface area contributed by atoms with Crippen LogP contribution in [0.5, 0.6) is 0 Å². The van der Waals surface area contributed by atoms with Crippen molar-refractivity contribution < 1.29 is 15.0 Å². The molecule has 1 aromatic heterocycles. The van der Waals surface area contributed by atoms with Crippen LogP contribution in [0.1, 0.15) is 69.4 Å². The van der Waals surface area contributed by atoms with Crippen molar-refractivity contribution in [1.29, 1.82) is 0 Å². The SMILES string of the molecule is CCn1c(CO)nnc1C1CC(NC(=O)[C@H](O)C2CCCCC2)C1. The summed E-state index contributed by atoms with van der Waals surface area (Å²) in [5.41, 5.74) is 0. The largest absolute Gasteiger partial charge is 0.388 e. The van der Waals surface area contributed by atoms with Crippen molar-refractivity contribution in [3.63, 3.8) is 0 Å². The molecular formula is C17H28N4O3. The molecule has 0 bridgehead atoms. The van der Waals surface area contributed by atoms with Gasteiger partial charge in [0, 0.05) is 18.5 Å². The molecule has 2 aliphatic rings. The summed E-state index contributed by atoms with van der Waals surface area (Å²) < 4.78 is 1.94. The van der Waals surface area contributed by atoms with Crippen LogP contribution in [0.3, 0.4) is 0 Å². The van der Waals surface area contributed by atoms with E-state index in [2.05, 4.69) is 15.5 Å². The third-order valence-corrected chi connectivity index (χ3v) is 5.53. The van der Waals surface area contributed by atoms with E-state index in [1.165, 1.54) is 6.42 Å². The highest BCUT2D eigenvalue weighted by Gasteiger charge is 2.37. The van der Waals surface area contributed by atoms with Crippen molar-refractivity contribution in [1.82, 2.24) is 20.1 Å². The Hall–Kier alpha value is -1.47. The average molecular weight is 336 g/mol. The van der Waals surface area contributed by atoms with E-state index < -0.39 is 6.10 Å². The highest BCUT2D eigenvalue weighted by Crippen LogP contribution is 2.36. The van der Waals surface area contributed by atoms with Crippen LogP contribution in [0.4, 0.5) is 0 Å². The fraction of sp³-hybridized carbons (Fsp3) is 0.824. The van der Waals surface area contributed by atoms with Gasteiger partial charge in [0.05, 0.1) is 0 Å². The summed E-state index contributed by atoms with van der Waals surface area (Å²) in [6.45, 7) is 2.62. The van der Waals surface area contributed by atoms with Crippen molar-refractivity contribution >= 4 is 5.91 Å². The standard InChI is InChI=1S/C17H28N4O3/c1-2-21-14(10-22)19-20-16(21)12-8-13(9-12)18-17(24)15(23)11-6-4-3-5-7-11/h11-13,15,22-23H,2-10H2,1H3,(H,18,24)/t12?,13?,15-/m1/s1. The van der Waals surface area contributed by atoms with Gasteiger partial charge in [0.25, 0.3) is 0 Å². The summed E-state index contributed by atoms with van der Waals surface area (Å²) >= 11 is 0. The van der Waals surface area contributed by atoms with E-state index in [-0.39, 0.29) is 30.4 Å². The molecule has 2 aliphatic carbocycles. The number of aliphatic hydroxyl groups excluding tert-OH is 2. The number of nitrogens with zero attached hydrogens (tertiary/aromatic N) is 3. The van der Waals surface area contributed by atoms with Gasteiger partial charge in [-0.25, -0.2) is 0 Å². The molecule has 2 saturated carbocycles. The molecule has 3 rings (SSSR count). The number of aliphatic hydroxyl groups is 2. The molecule has 1 atom stereocenters. The molecule has 3 N–H and O–H groups in total. The maximum Gasteiger partial charge on any atom is 0.249 e. The molecule has 1 aromatic rings. The zero-order valence-corrected chi connectivity index (χ0v) is 14.3. The van der Waals surface area contributed by atoms with Gasteiger partial charge in [-0.05, 0) is 38.5 Å². The molecule has 24 heavy (non-hydrogen) atoms. The molecule has 0 unspecified atom stereocenters. The van der Waals surface area contributed by atoms with E-state index in [0.717, 1.165) is 50.9 Å². The number of hydrogen-bond donors (Lipinski definition) is 3. The Labute approximate surface area is 142 Å². The molecule has 7 nitrogen and oxygen atoms in total. The molecule has 0 aromatic carbocycles. The summed E-state index contributed by atoms with van der Waals surface area (Å²) in [5.74, 6) is 1.63. The van der Waals surface area contributed by atoms with Crippen molar-refractivity contribution in [3.8, 4) is 0 Å². The first-order chi connectivity index (χ1) is 11.6. The summed E-state index contributed by atoms with van der Waals surface area (Å²) in [6.07, 6.45) is 6.09. The van der Waals surface area contributed by atoms with E-state index in [1.807, 2.05) is 11.5 Å². The zero-order valence-electron chi connectivity index (χ0n) is 14.3. The van der Waals surface area contributed by atoms with E-state index in [1.54, 1.807) is 0 Å². The first-order valence-electron chi connectivity index (χ1n) is 9.15. The van der Waals surface area contributed by atoms with E-state index in [9.17, 15) is 15.0 Å². The minimum Gasteiger partial charge on any atom is -0.388 e. The molecule has 2 fully saturated rings. The van der Waals surface area contributed by atoms with Gasteiger partial charge in [-0.2, -0.15) is 0 Å². The molecule has 1 amide bonds. The lowest BCUT2D eigenvalue weighted by molar-refractivity contribution is -0.134. The van der Waals surface area contributed by atoms with Gasteiger partial charge in [0.15, 0.2) is 5.82 Å². The molecule has 0 aliphatic heterocycles. The minimum absolute atomic E-state index is 0.0975. The van der Waals surface area contributed by atoms with Crippen molar-refractivity contribution in [2.45, 2.75) is 83.1 Å². The summed E-state index contributed by atoms with van der Waals surface area (Å²) in [5, 5.41) is 30.7. The highest BCUT2D eigenvalue weighted by molar-refractivity contribution is 5.81. The normalized spacial score (nSPS) is 26.0. The predicted molar refractivity (Wildman–Crippen MR) is 88.1 cm³/mol. The fourth-order valence-electron chi connectivity index (χ4n) is 4.01. The maximum atomic E-state index is 12.2. The number of nitrogens with one attached hydrogen (secondary N) is 1. The lowest BCUT2D eigenvalue weighted by Crippen LogP contribution is -2.49. The number of rotatable bonds is 6. The molecule has 0 saturated heterocycles. The van der Waals surface area contributed by atoms with Gasteiger partial charge in [-0.3, -0.25) is 4.79 Å². The number of aromatic nitrogens is 3. The van der Waals surface area contributed by atoms with Crippen LogP contribution in [0.2, 0.25) is 0 Å². The van der Waals surface area contributed by atoms with Gasteiger partial charge in [0.1, 0.15) is 18.5 Å². The van der Waals surface area contributed by atoms with E-state index in [0.29, 0.717) is 5.82 Å². The second-order valence-electron chi connectivity index (χ2n) is 7.09. The topological polar surface area (TPSA) is 100 Å². The monoisotopic (exact) mass is 336 g/mol. The molecule has 134 valence electrons. The first-order valence-corrected chi connectivity index (χ1v) is 9.15. The van der Waals surface area contributed by atoms with Crippen molar-refractivity contribution in [3.05, 3.63) is 11.6 Å². The minimum atomic E-state index is -0.871. The number of hydrogen-bond acceptors (Lipinski definition) is 5. The van der Waals surface area contributed by atoms with Crippen LogP contribution in [-0.2, 0) is 17.9 Å². The molecule has 0 radical (unpaired) electrons. The maximum absolute atomic E-state index is 12.2. The zero-order chi connectivity index (χ0) is 17.1. The number of amides is 1. The van der Waals surface area contributed by atoms with Gasteiger partial charge in [0.2, 0.25) is 5.91 Å². The third kappa shape index (κ3) is 3.47. The molecule has 1 heterocycles. The summed E-state index contributed by atoms with van der Waals surface area (Å²) in [7, 11) is 0. The van der Waals surface area contributed by atoms with Crippen LogP contribution in [0.15, 0.2) is 0 Å². The third-order valence-electron chi connectivity index (χ3n) is 5.53. The van der Waals surface area contributed by atoms with E-state index >= 15 is 0 Å². The van der Waals surface area contributed by atoms with Crippen LogP contribution >= 0.6 is 0 Å². The Balaban J connectivity index is 1.50. The van der Waals surface area contributed by atoms with Crippen LogP contribution < -0.4 is 5.32 Å². The first kappa shape index (κ1) is 17.4. The molecule has 0 spiro atoms. The van der Waals surface area contributed by atoms with Crippen molar-refractivity contribution in [2.75, 3.05) is 0 Å². The Morgan fingerprint density at radius 3 is 2.62 bits per heavy atom. The van der Waals surface area contributed by atoms with Crippen LogP contribution in [0.25, 0.3) is 0 Å². The summed E-state index contributed by atoms with van der Waals surface area (Å²) in [6, 6.07) is 0.0975. The van der Waals surface area contributed by atoms with Gasteiger partial charge >= 0.3 is 0 Å². The second kappa shape index (κ2) is 7.61. The van der Waals surface area contributed by atoms with Crippen molar-refractivity contribution in [2.24, 2.45) is 5.92 Å². The lowest BCUT2D eigenvalue weighted by atomic mass is 9.79. The van der Waals surface area contributed by atoms with Gasteiger partial charge in [-0.1, -0.05) is 19.3 Å². The average Bonchev–Trinajstić information content (AvgIpc) is 3.00. The molecule has 7 heteroatoms. The highest BCUT2D eigenvalue weighted by atomic mass is 16.3. The second-order valence-corrected chi connectivity index (χ2v) is 7.09. The molecular weight excluding hydrogens is 308 g/mol. The number of carbonyl (C=O) groups excluding carboxylic acids is 1. The van der Waals surface area contributed by atoms with Gasteiger partial charge < -0.3 is 20.1 Å². The smallest absolute Gasteiger partial charge is 0.249 e. The Morgan fingerprint density at radius 2 is 2.00 bits per heavy atom. The Morgan fingerprint density at radius 1 is 1.29 bits per heavy atom. The van der Waals surface area contributed by atoms with Crippen LogP contribution in [-0.4, -0.2) is 43.0 Å². The fourth-order valence-corrected chi connectivity index (χ4v) is 4.01. The Bertz CT molecular complexity index is 562. The number of carbonyl (C=O) groups is 1. The van der Waals surface area contributed by atoms with Crippen LogP contribution in [0, 0.1) is 5.92 Å². The predicted octanol–water partition coefficient (Wildman–Crippen LogP) is 1.09. The Kier molecular flexibility index (Phi) is 5.50. The quantitative estimate of drug-likeness (QED) is 0.722. The summed E-state index contributed by atoms with van der Waals surface area (Å²) in [4.78, 5) is 12.2. The van der Waals surface area contributed by atoms with Gasteiger partial charge in [-0.15, -0.1) is 10.2 Å². The lowest BCUT2D eigenvalue weighted by Gasteiger charge is -2.36. The van der Waals surface area contributed by atoms with E-state index in [4.69, 9.17) is 0 Å².